The molecule has 0 aliphatic heterocycles. The zero-order valence-corrected chi connectivity index (χ0v) is 13.8. The second kappa shape index (κ2) is 8.18. The van der Waals surface area contributed by atoms with Gasteiger partial charge in [0.05, 0.1) is 6.61 Å². The van der Waals surface area contributed by atoms with Crippen LogP contribution in [0.5, 0.6) is 0 Å². The Bertz CT molecular complexity index is 654. The third-order valence-corrected chi connectivity index (χ3v) is 3.43. The first-order valence-corrected chi connectivity index (χ1v) is 7.73. The quantitative estimate of drug-likeness (QED) is 0.709. The fraction of sp³-hybridized carbons (Fsp3) is 0.250. The molecule has 0 unspecified atom stereocenters. The van der Waals surface area contributed by atoms with E-state index in [9.17, 15) is 4.79 Å². The van der Waals surface area contributed by atoms with Crippen molar-refractivity contribution in [3.63, 3.8) is 0 Å². The summed E-state index contributed by atoms with van der Waals surface area (Å²) in [5, 5.41) is 0. The Morgan fingerprint density at radius 1 is 1.00 bits per heavy atom. The van der Waals surface area contributed by atoms with Gasteiger partial charge in [0.25, 0.3) is 0 Å². The third kappa shape index (κ3) is 5.29. The predicted octanol–water partition coefficient (Wildman–Crippen LogP) is 5.23. The van der Waals surface area contributed by atoms with E-state index in [1.54, 1.807) is 6.92 Å². The van der Waals surface area contributed by atoms with Crippen molar-refractivity contribution < 1.29 is 14.3 Å². The van der Waals surface area contributed by atoms with Crippen molar-refractivity contribution in [3.05, 3.63) is 76.9 Å². The van der Waals surface area contributed by atoms with Crippen LogP contribution in [0, 0.1) is 13.8 Å². The number of hydrogen-bond acceptors (Lipinski definition) is 3. The number of rotatable bonds is 5. The maximum absolute atomic E-state index is 11.7. The van der Waals surface area contributed by atoms with Crippen molar-refractivity contribution in [1.82, 2.24) is 0 Å². The Labute approximate surface area is 137 Å². The van der Waals surface area contributed by atoms with Gasteiger partial charge in [-0.3, -0.25) is 0 Å². The summed E-state index contributed by atoms with van der Waals surface area (Å²) in [6.45, 7) is 6.12. The molecule has 3 heteroatoms. The number of benzene rings is 2. The summed E-state index contributed by atoms with van der Waals surface area (Å²) >= 11 is 0. The highest BCUT2D eigenvalue weighted by molar-refractivity contribution is 5.61. The number of ether oxygens (including phenoxy) is 2. The molecule has 0 radical (unpaired) electrons. The molecule has 0 N–H and O–H groups in total. The molecule has 0 aliphatic rings. The van der Waals surface area contributed by atoms with Gasteiger partial charge in [0.15, 0.2) is 0 Å². The van der Waals surface area contributed by atoms with Crippen LogP contribution in [-0.4, -0.2) is 12.8 Å². The molecular formula is C20H22O3. The molecule has 0 aromatic heterocycles. The Balaban J connectivity index is 2.20. The first-order chi connectivity index (χ1) is 11.1. The maximum Gasteiger partial charge on any atom is 0.509 e. The van der Waals surface area contributed by atoms with Gasteiger partial charge in [-0.05, 0) is 38.0 Å². The second-order valence-electron chi connectivity index (χ2n) is 5.40. The summed E-state index contributed by atoms with van der Waals surface area (Å²) in [6, 6.07) is 16.1. The van der Waals surface area contributed by atoms with Gasteiger partial charge in [0, 0.05) is 0 Å². The molecule has 0 saturated carbocycles. The Morgan fingerprint density at radius 2 is 1.57 bits per heavy atom. The van der Waals surface area contributed by atoms with E-state index in [-0.39, 0.29) is 0 Å². The molecule has 0 heterocycles. The largest absolute Gasteiger partial charge is 0.509 e. The third-order valence-electron chi connectivity index (χ3n) is 3.43. The van der Waals surface area contributed by atoms with E-state index in [2.05, 4.69) is 0 Å². The Morgan fingerprint density at radius 3 is 2.13 bits per heavy atom. The van der Waals surface area contributed by atoms with Crippen LogP contribution in [0.4, 0.5) is 4.79 Å². The van der Waals surface area contributed by atoms with E-state index < -0.39 is 12.3 Å². The molecule has 2 rings (SSSR count). The van der Waals surface area contributed by atoms with E-state index >= 15 is 0 Å². The molecule has 0 spiro atoms. The Hall–Kier alpha value is -2.55. The van der Waals surface area contributed by atoms with Gasteiger partial charge >= 0.3 is 6.16 Å². The van der Waals surface area contributed by atoms with E-state index in [0.29, 0.717) is 6.61 Å². The van der Waals surface area contributed by atoms with Crippen LogP contribution in [-0.2, 0) is 9.47 Å². The lowest BCUT2D eigenvalue weighted by molar-refractivity contribution is 0.0403. The summed E-state index contributed by atoms with van der Waals surface area (Å²) in [6.07, 6.45) is 2.68. The fourth-order valence-corrected chi connectivity index (χ4v) is 2.11. The number of carbonyl (C=O) groups excluding carboxylic acids is 1. The van der Waals surface area contributed by atoms with Crippen LogP contribution in [0.1, 0.15) is 35.3 Å². The lowest BCUT2D eigenvalue weighted by Crippen LogP contribution is -2.11. The molecule has 23 heavy (non-hydrogen) atoms. The predicted molar refractivity (Wildman–Crippen MR) is 92.2 cm³/mol. The highest BCUT2D eigenvalue weighted by Gasteiger charge is 2.14. The summed E-state index contributed by atoms with van der Waals surface area (Å²) < 4.78 is 10.3. The topological polar surface area (TPSA) is 35.5 Å². The SMILES string of the molecule is CCOC(=O)O[C@@H](/C=C/c1ccc(C)cc1)c1ccc(C)cc1. The molecule has 0 bridgehead atoms. The monoisotopic (exact) mass is 310 g/mol. The van der Waals surface area contributed by atoms with Gasteiger partial charge in [-0.2, -0.15) is 0 Å². The van der Waals surface area contributed by atoms with Crippen molar-refractivity contribution in [2.24, 2.45) is 0 Å². The average Bonchev–Trinajstić information content (AvgIpc) is 2.54. The Kier molecular flexibility index (Phi) is 5.98. The van der Waals surface area contributed by atoms with Crippen molar-refractivity contribution >= 4 is 12.2 Å². The zero-order chi connectivity index (χ0) is 16.7. The van der Waals surface area contributed by atoms with Gasteiger partial charge < -0.3 is 9.47 Å². The van der Waals surface area contributed by atoms with Gasteiger partial charge in [0.1, 0.15) is 6.10 Å². The molecular weight excluding hydrogens is 288 g/mol. The summed E-state index contributed by atoms with van der Waals surface area (Å²) in [7, 11) is 0. The van der Waals surface area contributed by atoms with Crippen LogP contribution in [0.2, 0.25) is 0 Å². The standard InChI is InChI=1S/C20H22O3/c1-4-22-20(21)23-19(18-12-7-16(3)8-13-18)14-11-17-9-5-15(2)6-10-17/h5-14,19H,4H2,1-3H3/b14-11+/t19-/m0/s1. The first-order valence-electron chi connectivity index (χ1n) is 7.73. The van der Waals surface area contributed by atoms with Gasteiger partial charge in [0.2, 0.25) is 0 Å². The van der Waals surface area contributed by atoms with Gasteiger partial charge in [-0.15, -0.1) is 0 Å². The van der Waals surface area contributed by atoms with Crippen molar-refractivity contribution in [1.29, 1.82) is 0 Å². The van der Waals surface area contributed by atoms with E-state index in [1.165, 1.54) is 5.56 Å². The van der Waals surface area contributed by atoms with E-state index in [4.69, 9.17) is 9.47 Å². The average molecular weight is 310 g/mol. The van der Waals surface area contributed by atoms with Crippen LogP contribution in [0.3, 0.4) is 0 Å². The molecule has 0 fully saturated rings. The lowest BCUT2D eigenvalue weighted by atomic mass is 10.1. The van der Waals surface area contributed by atoms with E-state index in [0.717, 1.165) is 16.7 Å². The normalized spacial score (nSPS) is 12.1. The lowest BCUT2D eigenvalue weighted by Gasteiger charge is -2.14. The van der Waals surface area contributed by atoms with Crippen LogP contribution in [0.15, 0.2) is 54.6 Å². The fourth-order valence-electron chi connectivity index (χ4n) is 2.11. The summed E-state index contributed by atoms with van der Waals surface area (Å²) in [4.78, 5) is 11.7. The van der Waals surface area contributed by atoms with Crippen LogP contribution >= 0.6 is 0 Å². The van der Waals surface area contributed by atoms with Gasteiger partial charge in [-0.25, -0.2) is 4.79 Å². The first kappa shape index (κ1) is 16.8. The summed E-state index contributed by atoms with van der Waals surface area (Å²) in [5.41, 5.74) is 4.33. The maximum atomic E-state index is 11.7. The van der Waals surface area contributed by atoms with Crippen molar-refractivity contribution in [3.8, 4) is 0 Å². The molecule has 0 saturated heterocycles. The van der Waals surface area contributed by atoms with Crippen molar-refractivity contribution in [2.45, 2.75) is 26.9 Å². The minimum atomic E-state index is -0.661. The molecule has 3 nitrogen and oxygen atoms in total. The van der Waals surface area contributed by atoms with Gasteiger partial charge in [-0.1, -0.05) is 65.7 Å². The number of carbonyl (C=O) groups is 1. The number of hydrogen-bond donors (Lipinski definition) is 0. The molecule has 120 valence electrons. The minimum Gasteiger partial charge on any atom is -0.435 e. The minimum absolute atomic E-state index is 0.293. The van der Waals surface area contributed by atoms with Crippen molar-refractivity contribution in [2.75, 3.05) is 6.61 Å². The van der Waals surface area contributed by atoms with Crippen LogP contribution < -0.4 is 0 Å². The van der Waals surface area contributed by atoms with E-state index in [1.807, 2.05) is 74.5 Å². The highest BCUT2D eigenvalue weighted by Crippen LogP contribution is 2.22. The summed E-state index contributed by atoms with van der Waals surface area (Å²) in [5.74, 6) is 0. The number of aryl methyl sites for hydroxylation is 2. The van der Waals surface area contributed by atoms with Crippen LogP contribution in [0.25, 0.3) is 6.08 Å². The molecule has 0 amide bonds. The highest BCUT2D eigenvalue weighted by atomic mass is 16.7. The smallest absolute Gasteiger partial charge is 0.435 e. The second-order valence-corrected chi connectivity index (χ2v) is 5.40. The molecule has 2 aromatic carbocycles. The zero-order valence-electron chi connectivity index (χ0n) is 13.8. The molecule has 0 aliphatic carbocycles. The molecule has 1 atom stereocenters. The molecule has 2 aromatic rings.